The molecule has 0 saturated carbocycles. The highest BCUT2D eigenvalue weighted by atomic mass is 16.3. The van der Waals surface area contributed by atoms with Crippen LogP contribution in [0.1, 0.15) is 0 Å². The van der Waals surface area contributed by atoms with Gasteiger partial charge in [-0.3, -0.25) is 0 Å². The van der Waals surface area contributed by atoms with Gasteiger partial charge < -0.3 is 4.42 Å². The molecule has 3 nitrogen and oxygen atoms in total. The van der Waals surface area contributed by atoms with E-state index in [1.807, 2.05) is 0 Å². The van der Waals surface area contributed by atoms with Crippen LogP contribution in [0.15, 0.2) is 126 Å². The van der Waals surface area contributed by atoms with Gasteiger partial charge >= 0.3 is 0 Å². The van der Waals surface area contributed by atoms with E-state index < -0.39 is 0 Å². The van der Waals surface area contributed by atoms with Crippen molar-refractivity contribution >= 4 is 54.4 Å². The maximum atomic E-state index is 6.34. The monoisotopic (exact) mass is 520 g/mol. The van der Waals surface area contributed by atoms with Gasteiger partial charge in [0.15, 0.2) is 5.82 Å². The van der Waals surface area contributed by atoms with E-state index >= 15 is 0 Å². The highest BCUT2D eigenvalue weighted by Gasteiger charge is 2.25. The number of hydrogen-bond acceptors (Lipinski definition) is 3. The molecule has 0 bridgehead atoms. The SMILES string of the molecule is c1ccc(-c2cc(-c3nc4c5c(cccc5n3)-c3ccccc3-4)cc3c4cccc5oc6cccc(c23)c6c54)cc1. The van der Waals surface area contributed by atoms with Gasteiger partial charge in [0.05, 0.1) is 11.2 Å². The van der Waals surface area contributed by atoms with E-state index in [9.17, 15) is 0 Å². The van der Waals surface area contributed by atoms with Crippen LogP contribution in [0.5, 0.6) is 0 Å². The van der Waals surface area contributed by atoms with Crippen LogP contribution in [0.2, 0.25) is 0 Å². The highest BCUT2D eigenvalue weighted by Crippen LogP contribution is 2.48. The Hall–Kier alpha value is -5.54. The average molecular weight is 521 g/mol. The first-order valence-corrected chi connectivity index (χ1v) is 13.9. The summed E-state index contributed by atoms with van der Waals surface area (Å²) >= 11 is 0. The summed E-state index contributed by atoms with van der Waals surface area (Å²) in [5.41, 5.74) is 10.8. The van der Waals surface area contributed by atoms with E-state index in [4.69, 9.17) is 14.4 Å². The van der Waals surface area contributed by atoms with Crippen molar-refractivity contribution in [1.82, 2.24) is 9.97 Å². The zero-order chi connectivity index (χ0) is 26.7. The summed E-state index contributed by atoms with van der Waals surface area (Å²) in [6.45, 7) is 0. The summed E-state index contributed by atoms with van der Waals surface area (Å²) in [6, 6.07) is 42.9. The molecule has 0 unspecified atom stereocenters. The second-order valence-corrected chi connectivity index (χ2v) is 10.9. The molecule has 3 heteroatoms. The minimum absolute atomic E-state index is 0.740. The number of nitrogens with zero attached hydrogens (tertiary/aromatic N) is 2. The van der Waals surface area contributed by atoms with Gasteiger partial charge in [0.25, 0.3) is 0 Å². The van der Waals surface area contributed by atoms with Crippen LogP contribution in [0.25, 0.3) is 99.3 Å². The van der Waals surface area contributed by atoms with Crippen LogP contribution in [-0.2, 0) is 0 Å². The summed E-state index contributed by atoms with van der Waals surface area (Å²) in [7, 11) is 0. The molecular weight excluding hydrogens is 500 g/mol. The Bertz CT molecular complexity index is 2520. The van der Waals surface area contributed by atoms with E-state index in [0.29, 0.717) is 0 Å². The summed E-state index contributed by atoms with van der Waals surface area (Å²) in [5, 5.41) is 8.31. The number of rotatable bonds is 2. The molecule has 0 radical (unpaired) electrons. The first-order chi connectivity index (χ1) is 20.3. The molecular formula is C38H20N2O. The molecule has 0 fully saturated rings. The molecule has 41 heavy (non-hydrogen) atoms. The molecule has 0 saturated heterocycles. The Kier molecular flexibility index (Phi) is 3.93. The minimum Gasteiger partial charge on any atom is -0.456 e. The van der Waals surface area contributed by atoms with Crippen LogP contribution in [0.3, 0.4) is 0 Å². The van der Waals surface area contributed by atoms with Crippen LogP contribution >= 0.6 is 0 Å². The number of benzene rings is 7. The van der Waals surface area contributed by atoms with E-state index in [2.05, 4.69) is 121 Å². The van der Waals surface area contributed by atoms with Crippen LogP contribution in [0.4, 0.5) is 0 Å². The molecule has 2 heterocycles. The Balaban J connectivity index is 1.37. The van der Waals surface area contributed by atoms with Crippen molar-refractivity contribution in [3.8, 4) is 44.9 Å². The van der Waals surface area contributed by atoms with Gasteiger partial charge in [0.1, 0.15) is 11.2 Å². The van der Waals surface area contributed by atoms with Gasteiger partial charge in [-0.25, -0.2) is 9.97 Å². The van der Waals surface area contributed by atoms with Gasteiger partial charge in [-0.2, -0.15) is 0 Å². The largest absolute Gasteiger partial charge is 0.456 e. The predicted octanol–water partition coefficient (Wildman–Crippen LogP) is 10.3. The molecule has 0 amide bonds. The second kappa shape index (κ2) is 7.56. The molecule has 0 spiro atoms. The lowest BCUT2D eigenvalue weighted by atomic mass is 9.88. The summed E-state index contributed by atoms with van der Waals surface area (Å²) in [4.78, 5) is 10.4. The van der Waals surface area contributed by atoms with Crippen molar-refractivity contribution < 1.29 is 4.42 Å². The highest BCUT2D eigenvalue weighted by molar-refractivity contribution is 6.35. The third-order valence-corrected chi connectivity index (χ3v) is 8.76. The van der Waals surface area contributed by atoms with E-state index in [-0.39, 0.29) is 0 Å². The third kappa shape index (κ3) is 2.72. The van der Waals surface area contributed by atoms with Gasteiger partial charge in [0, 0.05) is 27.3 Å². The van der Waals surface area contributed by atoms with E-state index in [1.54, 1.807) is 0 Å². The Morgan fingerprint density at radius 3 is 1.98 bits per heavy atom. The fraction of sp³-hybridized carbons (Fsp3) is 0. The number of furan rings is 1. The normalized spacial score (nSPS) is 12.4. The zero-order valence-corrected chi connectivity index (χ0v) is 21.8. The molecule has 7 aromatic carbocycles. The topological polar surface area (TPSA) is 38.9 Å². The van der Waals surface area contributed by atoms with Crippen molar-refractivity contribution in [2.24, 2.45) is 0 Å². The lowest BCUT2D eigenvalue weighted by molar-refractivity contribution is 0.669. The Labute approximate surface area is 234 Å². The molecule has 2 aromatic heterocycles. The van der Waals surface area contributed by atoms with Crippen molar-refractivity contribution in [3.05, 3.63) is 121 Å². The van der Waals surface area contributed by atoms with Gasteiger partial charge in [0.2, 0.25) is 0 Å². The lowest BCUT2D eigenvalue weighted by Crippen LogP contribution is -1.95. The van der Waals surface area contributed by atoms with Crippen molar-refractivity contribution in [3.63, 3.8) is 0 Å². The quantitative estimate of drug-likeness (QED) is 0.213. The molecule has 1 aliphatic carbocycles. The predicted molar refractivity (Wildman–Crippen MR) is 168 cm³/mol. The maximum Gasteiger partial charge on any atom is 0.160 e. The molecule has 0 N–H and O–H groups in total. The minimum atomic E-state index is 0.740. The van der Waals surface area contributed by atoms with Crippen LogP contribution in [-0.4, -0.2) is 9.97 Å². The third-order valence-electron chi connectivity index (χ3n) is 8.76. The maximum absolute atomic E-state index is 6.34. The van der Waals surface area contributed by atoms with Crippen LogP contribution in [0, 0.1) is 0 Å². The zero-order valence-electron chi connectivity index (χ0n) is 21.8. The van der Waals surface area contributed by atoms with Crippen molar-refractivity contribution in [2.75, 3.05) is 0 Å². The molecule has 188 valence electrons. The second-order valence-electron chi connectivity index (χ2n) is 10.9. The Morgan fingerprint density at radius 1 is 0.415 bits per heavy atom. The van der Waals surface area contributed by atoms with Crippen LogP contribution < -0.4 is 0 Å². The van der Waals surface area contributed by atoms with Crippen molar-refractivity contribution in [2.45, 2.75) is 0 Å². The molecule has 0 aliphatic heterocycles. The number of hydrogen-bond donors (Lipinski definition) is 0. The van der Waals surface area contributed by atoms with Crippen molar-refractivity contribution in [1.29, 1.82) is 0 Å². The smallest absolute Gasteiger partial charge is 0.160 e. The first-order valence-electron chi connectivity index (χ1n) is 13.9. The fourth-order valence-electron chi connectivity index (χ4n) is 7.07. The molecule has 1 aliphatic rings. The summed E-state index contributed by atoms with van der Waals surface area (Å²) in [5.74, 6) is 0.740. The first kappa shape index (κ1) is 21.3. The van der Waals surface area contributed by atoms with Gasteiger partial charge in [-0.15, -0.1) is 0 Å². The fourth-order valence-corrected chi connectivity index (χ4v) is 7.07. The lowest BCUT2D eigenvalue weighted by Gasteiger charge is -2.15. The summed E-state index contributed by atoms with van der Waals surface area (Å²) < 4.78 is 6.34. The van der Waals surface area contributed by atoms with E-state index in [1.165, 1.54) is 60.1 Å². The average Bonchev–Trinajstić information content (AvgIpc) is 3.58. The standard InChI is InChI=1S/C38H20N2O/c1-2-9-21(10-3-1)28-19-22(38-39-30-16-6-13-24-23-11-4-5-12-26(23)37(40-38)34(24)30)20-29-25-14-7-17-31-35(25)36-27(33(28)29)15-8-18-32(36)41-31/h1-20H. The molecule has 9 aromatic rings. The number of aromatic nitrogens is 2. The van der Waals surface area contributed by atoms with Gasteiger partial charge in [-0.05, 0) is 74.1 Å². The van der Waals surface area contributed by atoms with Gasteiger partial charge in [-0.1, -0.05) is 91.0 Å². The summed E-state index contributed by atoms with van der Waals surface area (Å²) in [6.07, 6.45) is 0. The Morgan fingerprint density at radius 2 is 1.12 bits per heavy atom. The molecule has 10 rings (SSSR count). The number of fused-ring (bicyclic) bond motifs is 6. The molecule has 0 atom stereocenters. The van der Waals surface area contributed by atoms with E-state index in [0.717, 1.165) is 39.2 Å².